The molecule has 0 N–H and O–H groups in total. The molecular weight excluding hydrogens is 495 g/mol. The molecule has 9 heteroatoms. The second-order valence-electron chi connectivity index (χ2n) is 8.46. The second-order valence-corrected chi connectivity index (χ2v) is 9.29. The average molecular weight is 520 g/mol. The van der Waals surface area contributed by atoms with Crippen LogP contribution in [0, 0.1) is 18.6 Å². The third-order valence-corrected chi connectivity index (χ3v) is 6.43. The molecule has 0 spiro atoms. The largest absolute Gasteiger partial charge is 0.367 e. The van der Waals surface area contributed by atoms with Crippen LogP contribution in [0.3, 0.4) is 0 Å². The van der Waals surface area contributed by atoms with E-state index in [2.05, 4.69) is 9.88 Å². The molecule has 184 valence electrons. The van der Waals surface area contributed by atoms with Crippen LogP contribution in [0.1, 0.15) is 33.3 Å². The topological polar surface area (TPSA) is 45.7 Å². The number of halogens is 4. The minimum absolute atomic E-state index is 0.0856. The summed E-state index contributed by atoms with van der Waals surface area (Å²) in [6.07, 6.45) is -0.435. The van der Waals surface area contributed by atoms with Crippen molar-refractivity contribution in [3.05, 3.63) is 98.8 Å². The number of hydrogen-bond donors (Lipinski definition) is 0. The summed E-state index contributed by atoms with van der Waals surface area (Å²) in [4.78, 5) is 21.0. The Kier molecular flexibility index (Phi) is 8.34. The highest BCUT2D eigenvalue weighted by atomic mass is 35.5. The Balaban J connectivity index is 1.42. The minimum atomic E-state index is -0.640. The molecule has 1 fully saturated rings. The first kappa shape index (κ1) is 25.5. The monoisotopic (exact) mass is 519 g/mol. The zero-order chi connectivity index (χ0) is 24.9. The molecule has 4 rings (SSSR count). The molecule has 3 aromatic rings. The number of carbonyl (C=O) groups is 1. The molecule has 1 aliphatic rings. The van der Waals surface area contributed by atoms with Gasteiger partial charge in [-0.05, 0) is 48.9 Å². The third-order valence-electron chi connectivity index (χ3n) is 5.98. The molecule has 1 unspecified atom stereocenters. The number of benzene rings is 2. The second kappa shape index (κ2) is 11.4. The third kappa shape index (κ3) is 6.55. The van der Waals surface area contributed by atoms with Gasteiger partial charge in [-0.15, -0.1) is 0 Å². The van der Waals surface area contributed by atoms with E-state index in [1.54, 1.807) is 36.1 Å². The van der Waals surface area contributed by atoms with E-state index in [1.807, 2.05) is 12.1 Å². The zero-order valence-electron chi connectivity index (χ0n) is 19.2. The number of rotatable bonds is 7. The van der Waals surface area contributed by atoms with E-state index in [4.69, 9.17) is 27.9 Å². The van der Waals surface area contributed by atoms with Gasteiger partial charge in [0.15, 0.2) is 0 Å². The van der Waals surface area contributed by atoms with Crippen molar-refractivity contribution >= 4 is 29.1 Å². The maximum Gasteiger partial charge on any atom is 0.254 e. The van der Waals surface area contributed by atoms with Crippen LogP contribution in [0.25, 0.3) is 0 Å². The summed E-state index contributed by atoms with van der Waals surface area (Å²) >= 11 is 12.1. The van der Waals surface area contributed by atoms with Gasteiger partial charge in [-0.25, -0.2) is 13.8 Å². The van der Waals surface area contributed by atoms with Gasteiger partial charge in [0.05, 0.1) is 12.7 Å². The normalized spacial score (nSPS) is 15.3. The van der Waals surface area contributed by atoms with E-state index >= 15 is 0 Å². The number of ether oxygens (including phenoxy) is 1. The average Bonchev–Trinajstić information content (AvgIpc) is 2.83. The molecule has 1 saturated heterocycles. The van der Waals surface area contributed by atoms with Crippen LogP contribution in [-0.4, -0.2) is 53.4 Å². The maximum atomic E-state index is 14.1. The van der Waals surface area contributed by atoms with E-state index in [9.17, 15) is 13.6 Å². The molecule has 2 aromatic carbocycles. The lowest BCUT2D eigenvalue weighted by molar-refractivity contribution is 0.00144. The van der Waals surface area contributed by atoms with Gasteiger partial charge in [-0.2, -0.15) is 0 Å². The van der Waals surface area contributed by atoms with Crippen molar-refractivity contribution in [2.45, 2.75) is 19.6 Å². The fraction of sp³-hybridized carbons (Fsp3) is 0.308. The van der Waals surface area contributed by atoms with Gasteiger partial charge in [0.25, 0.3) is 5.91 Å². The van der Waals surface area contributed by atoms with Crippen molar-refractivity contribution in [2.24, 2.45) is 0 Å². The van der Waals surface area contributed by atoms with Gasteiger partial charge >= 0.3 is 0 Å². The zero-order valence-corrected chi connectivity index (χ0v) is 20.7. The molecule has 1 aromatic heterocycles. The van der Waals surface area contributed by atoms with Crippen molar-refractivity contribution in [1.82, 2.24) is 14.8 Å². The first-order valence-corrected chi connectivity index (χ1v) is 12.0. The maximum absolute atomic E-state index is 14.1. The lowest BCUT2D eigenvalue weighted by atomic mass is 10.1. The van der Waals surface area contributed by atoms with Gasteiger partial charge in [0.1, 0.15) is 16.8 Å². The molecule has 5 nitrogen and oxygen atoms in total. The van der Waals surface area contributed by atoms with E-state index < -0.39 is 17.7 Å². The molecule has 1 atom stereocenters. The van der Waals surface area contributed by atoms with Crippen LogP contribution >= 0.6 is 23.2 Å². The van der Waals surface area contributed by atoms with Crippen LogP contribution < -0.4 is 0 Å². The number of pyridine rings is 1. The number of aromatic nitrogens is 1. The summed E-state index contributed by atoms with van der Waals surface area (Å²) in [7, 11) is 0. The molecular formula is C26H25Cl2F2N3O2. The number of hydrogen-bond acceptors (Lipinski definition) is 4. The summed E-state index contributed by atoms with van der Waals surface area (Å²) in [5.74, 6) is -1.37. The van der Waals surface area contributed by atoms with E-state index in [1.165, 1.54) is 18.2 Å². The van der Waals surface area contributed by atoms with E-state index in [0.717, 1.165) is 5.56 Å². The van der Waals surface area contributed by atoms with Crippen LogP contribution in [-0.2, 0) is 11.3 Å². The number of piperazine rings is 1. The fourth-order valence-corrected chi connectivity index (χ4v) is 4.46. The van der Waals surface area contributed by atoms with Gasteiger partial charge < -0.3 is 9.64 Å². The molecule has 2 heterocycles. The summed E-state index contributed by atoms with van der Waals surface area (Å²) in [5, 5.41) is 0.882. The first-order valence-electron chi connectivity index (χ1n) is 11.3. The van der Waals surface area contributed by atoms with Gasteiger partial charge in [-0.3, -0.25) is 9.69 Å². The Morgan fingerprint density at radius 3 is 2.31 bits per heavy atom. The summed E-state index contributed by atoms with van der Waals surface area (Å²) in [6.45, 7) is 4.42. The van der Waals surface area contributed by atoms with Crippen LogP contribution in [0.4, 0.5) is 8.78 Å². The molecule has 0 saturated carbocycles. The standard InChI is InChI=1S/C26H25Cl2F2N3O2/c1-17-13-19(14-25(28)31-17)26(34)33-11-9-32(10-12-33)15-24(18-5-7-20(27)8-6-18)35-16-21-22(29)3-2-4-23(21)30/h2-8,13-14,24H,9-12,15-16H2,1H3. The van der Waals surface area contributed by atoms with Gasteiger partial charge in [0, 0.05) is 54.6 Å². The van der Waals surface area contributed by atoms with Crippen molar-refractivity contribution in [1.29, 1.82) is 0 Å². The highest BCUT2D eigenvalue weighted by Gasteiger charge is 2.26. The Morgan fingerprint density at radius 1 is 1.03 bits per heavy atom. The highest BCUT2D eigenvalue weighted by molar-refractivity contribution is 6.30. The van der Waals surface area contributed by atoms with Crippen molar-refractivity contribution in [3.8, 4) is 0 Å². The predicted octanol–water partition coefficient (Wildman–Crippen LogP) is 5.69. The van der Waals surface area contributed by atoms with E-state index in [0.29, 0.717) is 54.2 Å². The van der Waals surface area contributed by atoms with Gasteiger partial charge in [-0.1, -0.05) is 41.4 Å². The summed E-state index contributed by atoms with van der Waals surface area (Å²) in [5.41, 5.74) is 1.96. The molecule has 1 aliphatic heterocycles. The summed E-state index contributed by atoms with van der Waals surface area (Å²) < 4.78 is 34.3. The Labute approximate surface area is 213 Å². The highest BCUT2D eigenvalue weighted by Crippen LogP contribution is 2.25. The number of nitrogens with zero attached hydrogens (tertiary/aromatic N) is 3. The quantitative estimate of drug-likeness (QED) is 0.376. The molecule has 1 amide bonds. The number of carbonyl (C=O) groups excluding carboxylic acids is 1. The smallest absolute Gasteiger partial charge is 0.254 e. The molecule has 0 bridgehead atoms. The number of aryl methyl sites for hydroxylation is 1. The van der Waals surface area contributed by atoms with Crippen LogP contribution in [0.2, 0.25) is 10.2 Å². The van der Waals surface area contributed by atoms with Gasteiger partial charge in [0.2, 0.25) is 0 Å². The van der Waals surface area contributed by atoms with Crippen molar-refractivity contribution in [2.75, 3.05) is 32.7 Å². The van der Waals surface area contributed by atoms with Crippen LogP contribution in [0.5, 0.6) is 0 Å². The lowest BCUT2D eigenvalue weighted by Crippen LogP contribution is -2.49. The molecule has 35 heavy (non-hydrogen) atoms. The molecule has 0 radical (unpaired) electrons. The van der Waals surface area contributed by atoms with Crippen molar-refractivity contribution in [3.63, 3.8) is 0 Å². The molecule has 0 aliphatic carbocycles. The minimum Gasteiger partial charge on any atom is -0.367 e. The number of amides is 1. The Bertz CT molecular complexity index is 1150. The van der Waals surface area contributed by atoms with Crippen molar-refractivity contribution < 1.29 is 18.3 Å². The first-order chi connectivity index (χ1) is 16.8. The predicted molar refractivity (Wildman–Crippen MR) is 132 cm³/mol. The Hall–Kier alpha value is -2.58. The summed E-state index contributed by atoms with van der Waals surface area (Å²) in [6, 6.07) is 14.3. The van der Waals surface area contributed by atoms with E-state index in [-0.39, 0.29) is 18.1 Å². The Morgan fingerprint density at radius 2 is 1.69 bits per heavy atom. The van der Waals surface area contributed by atoms with Crippen LogP contribution in [0.15, 0.2) is 54.6 Å². The fourth-order valence-electron chi connectivity index (χ4n) is 4.09. The SMILES string of the molecule is Cc1cc(C(=O)N2CCN(CC(OCc3c(F)cccc3F)c3ccc(Cl)cc3)CC2)cc(Cl)n1. The lowest BCUT2D eigenvalue weighted by Gasteiger charge is -2.36.